The van der Waals surface area contributed by atoms with Crippen molar-refractivity contribution in [3.05, 3.63) is 0 Å². The fourth-order valence-corrected chi connectivity index (χ4v) is 1.15. The predicted molar refractivity (Wildman–Crippen MR) is 58.6 cm³/mol. The molecule has 0 atom stereocenters. The molecule has 0 aromatic rings. The maximum absolute atomic E-state index is 11.4. The number of nitriles is 1. The quantitative estimate of drug-likeness (QED) is 0.527. The van der Waals surface area contributed by atoms with Gasteiger partial charge in [-0.05, 0) is 0 Å². The molecule has 0 rings (SSSR count). The van der Waals surface area contributed by atoms with Gasteiger partial charge in [0.05, 0.1) is 25.8 Å². The van der Waals surface area contributed by atoms with Gasteiger partial charge in [-0.2, -0.15) is 5.26 Å². The van der Waals surface area contributed by atoms with Crippen molar-refractivity contribution < 1.29 is 14.6 Å². The van der Waals surface area contributed by atoms with Crippen LogP contribution in [0.25, 0.3) is 0 Å². The highest BCUT2D eigenvalue weighted by Crippen LogP contribution is 1.91. The Hall–Kier alpha value is -1.16. The highest BCUT2D eigenvalue weighted by atomic mass is 16.5. The van der Waals surface area contributed by atoms with Crippen LogP contribution in [0.1, 0.15) is 6.42 Å². The number of amides is 1. The van der Waals surface area contributed by atoms with Crippen molar-refractivity contribution in [3.63, 3.8) is 0 Å². The Labute approximate surface area is 95.8 Å². The second-order valence-electron chi connectivity index (χ2n) is 3.25. The van der Waals surface area contributed by atoms with Gasteiger partial charge in [0, 0.05) is 33.2 Å². The van der Waals surface area contributed by atoms with Crippen LogP contribution in [0.3, 0.4) is 0 Å². The van der Waals surface area contributed by atoms with Crippen LogP contribution in [-0.2, 0) is 9.53 Å². The van der Waals surface area contributed by atoms with Gasteiger partial charge in [-0.3, -0.25) is 9.69 Å². The van der Waals surface area contributed by atoms with E-state index in [2.05, 4.69) is 5.32 Å². The zero-order chi connectivity index (χ0) is 12.2. The first-order chi connectivity index (χ1) is 7.74. The summed E-state index contributed by atoms with van der Waals surface area (Å²) in [5.41, 5.74) is 0. The van der Waals surface area contributed by atoms with Gasteiger partial charge in [-0.25, -0.2) is 0 Å². The smallest absolute Gasteiger partial charge is 0.234 e. The second-order valence-corrected chi connectivity index (χ2v) is 3.25. The maximum Gasteiger partial charge on any atom is 0.234 e. The lowest BCUT2D eigenvalue weighted by molar-refractivity contribution is -0.122. The Balaban J connectivity index is 3.88. The summed E-state index contributed by atoms with van der Waals surface area (Å²) in [4.78, 5) is 13.2. The van der Waals surface area contributed by atoms with Crippen molar-refractivity contribution in [1.82, 2.24) is 10.2 Å². The van der Waals surface area contributed by atoms with Crippen molar-refractivity contribution >= 4 is 5.91 Å². The Morgan fingerprint density at radius 2 is 2.31 bits per heavy atom. The molecular formula is C10H19N3O3. The van der Waals surface area contributed by atoms with Gasteiger partial charge >= 0.3 is 0 Å². The predicted octanol–water partition coefficient (Wildman–Crippen LogP) is -1.04. The monoisotopic (exact) mass is 229 g/mol. The number of nitrogens with zero attached hydrogens (tertiary/aromatic N) is 2. The Bertz CT molecular complexity index is 228. The molecule has 0 aromatic heterocycles. The first-order valence-corrected chi connectivity index (χ1v) is 5.20. The molecule has 0 aliphatic carbocycles. The van der Waals surface area contributed by atoms with Crippen LogP contribution in [0.2, 0.25) is 0 Å². The first-order valence-electron chi connectivity index (χ1n) is 5.20. The Morgan fingerprint density at radius 1 is 1.56 bits per heavy atom. The lowest BCUT2D eigenvalue weighted by atomic mass is 10.3. The zero-order valence-electron chi connectivity index (χ0n) is 9.61. The number of nitrogens with one attached hydrogen (secondary N) is 1. The number of aliphatic hydroxyl groups is 1. The summed E-state index contributed by atoms with van der Waals surface area (Å²) in [7, 11) is 1.59. The fourth-order valence-electron chi connectivity index (χ4n) is 1.15. The number of hydrogen-bond acceptors (Lipinski definition) is 5. The molecule has 0 heterocycles. The van der Waals surface area contributed by atoms with Crippen LogP contribution in [-0.4, -0.2) is 62.4 Å². The third kappa shape index (κ3) is 8.17. The maximum atomic E-state index is 11.4. The molecule has 0 aromatic carbocycles. The fraction of sp³-hybridized carbons (Fsp3) is 0.800. The molecule has 0 fully saturated rings. The minimum absolute atomic E-state index is 0.0675. The largest absolute Gasteiger partial charge is 0.395 e. The van der Waals surface area contributed by atoms with Crippen molar-refractivity contribution in [1.29, 1.82) is 5.26 Å². The summed E-state index contributed by atoms with van der Waals surface area (Å²) >= 11 is 0. The van der Waals surface area contributed by atoms with Crippen molar-refractivity contribution in [2.75, 3.05) is 46.5 Å². The highest BCUT2D eigenvalue weighted by Gasteiger charge is 2.09. The summed E-state index contributed by atoms with van der Waals surface area (Å²) in [5, 5.41) is 19.6. The van der Waals surface area contributed by atoms with Crippen LogP contribution in [0.4, 0.5) is 0 Å². The minimum atomic E-state index is -0.150. The number of ether oxygens (including phenoxy) is 1. The van der Waals surface area contributed by atoms with E-state index in [0.717, 1.165) is 0 Å². The molecule has 0 aliphatic heterocycles. The molecule has 0 unspecified atom stereocenters. The number of carbonyl (C=O) groups excluding carboxylic acids is 1. The molecule has 6 nitrogen and oxygen atoms in total. The SMILES string of the molecule is COCCN(CCC#N)CC(=O)NCCO. The summed E-state index contributed by atoms with van der Waals surface area (Å²) in [6.07, 6.45) is 0.386. The summed E-state index contributed by atoms with van der Waals surface area (Å²) < 4.78 is 4.92. The summed E-state index contributed by atoms with van der Waals surface area (Å²) in [6.45, 7) is 2.11. The number of aliphatic hydroxyl groups excluding tert-OH is 1. The second kappa shape index (κ2) is 10.4. The van der Waals surface area contributed by atoms with Gasteiger partial charge in [0.25, 0.3) is 0 Å². The summed E-state index contributed by atoms with van der Waals surface area (Å²) in [5.74, 6) is -0.150. The lowest BCUT2D eigenvalue weighted by Gasteiger charge is -2.19. The lowest BCUT2D eigenvalue weighted by Crippen LogP contribution is -2.40. The minimum Gasteiger partial charge on any atom is -0.395 e. The van der Waals surface area contributed by atoms with E-state index in [9.17, 15) is 4.79 Å². The molecular weight excluding hydrogens is 210 g/mol. The van der Waals surface area contributed by atoms with Gasteiger partial charge in [0.2, 0.25) is 5.91 Å². The van der Waals surface area contributed by atoms with E-state index in [0.29, 0.717) is 26.1 Å². The average molecular weight is 229 g/mol. The van der Waals surface area contributed by atoms with Crippen LogP contribution in [0.15, 0.2) is 0 Å². The number of carbonyl (C=O) groups is 1. The van der Waals surface area contributed by atoms with Crippen LogP contribution >= 0.6 is 0 Å². The van der Waals surface area contributed by atoms with Gasteiger partial charge in [0.1, 0.15) is 0 Å². The number of rotatable bonds is 9. The Kier molecular flexibility index (Phi) is 9.61. The van der Waals surface area contributed by atoms with E-state index in [1.807, 2.05) is 11.0 Å². The highest BCUT2D eigenvalue weighted by molar-refractivity contribution is 5.77. The van der Waals surface area contributed by atoms with Gasteiger partial charge in [0.15, 0.2) is 0 Å². The normalized spacial score (nSPS) is 10.1. The molecule has 0 radical (unpaired) electrons. The molecule has 0 saturated carbocycles. The van der Waals surface area contributed by atoms with Gasteiger partial charge in [-0.1, -0.05) is 0 Å². The summed E-state index contributed by atoms with van der Waals surface area (Å²) in [6, 6.07) is 2.04. The van der Waals surface area contributed by atoms with Gasteiger partial charge < -0.3 is 15.2 Å². The third-order valence-corrected chi connectivity index (χ3v) is 1.95. The van der Waals surface area contributed by atoms with Gasteiger partial charge in [-0.15, -0.1) is 0 Å². The van der Waals surface area contributed by atoms with E-state index in [-0.39, 0.29) is 25.6 Å². The molecule has 1 amide bonds. The third-order valence-electron chi connectivity index (χ3n) is 1.95. The van der Waals surface area contributed by atoms with Crippen LogP contribution in [0, 0.1) is 11.3 Å². The molecule has 6 heteroatoms. The van der Waals surface area contributed by atoms with Crippen LogP contribution in [0.5, 0.6) is 0 Å². The average Bonchev–Trinajstić information content (AvgIpc) is 2.30. The Morgan fingerprint density at radius 3 is 2.88 bits per heavy atom. The topological polar surface area (TPSA) is 85.6 Å². The van der Waals surface area contributed by atoms with Crippen molar-refractivity contribution in [3.8, 4) is 6.07 Å². The van der Waals surface area contributed by atoms with E-state index in [4.69, 9.17) is 15.1 Å². The van der Waals surface area contributed by atoms with Crippen molar-refractivity contribution in [2.45, 2.75) is 6.42 Å². The van der Waals surface area contributed by atoms with Crippen molar-refractivity contribution in [2.24, 2.45) is 0 Å². The molecule has 0 spiro atoms. The first kappa shape index (κ1) is 14.8. The molecule has 0 saturated heterocycles. The molecule has 16 heavy (non-hydrogen) atoms. The standard InChI is InChI=1S/C10H19N3O3/c1-16-8-6-13(5-2-3-11)9-10(15)12-4-7-14/h14H,2,4-9H2,1H3,(H,12,15). The van der Waals surface area contributed by atoms with E-state index >= 15 is 0 Å². The molecule has 0 aliphatic rings. The van der Waals surface area contributed by atoms with Crippen LogP contribution < -0.4 is 5.32 Å². The molecule has 2 N–H and O–H groups in total. The zero-order valence-corrected chi connectivity index (χ0v) is 9.61. The molecule has 0 bridgehead atoms. The van der Waals surface area contributed by atoms with E-state index in [1.54, 1.807) is 7.11 Å². The number of methoxy groups -OCH3 is 1. The van der Waals surface area contributed by atoms with E-state index in [1.165, 1.54) is 0 Å². The van der Waals surface area contributed by atoms with E-state index < -0.39 is 0 Å². The molecule has 92 valence electrons. The number of hydrogen-bond donors (Lipinski definition) is 2.